The van der Waals surface area contributed by atoms with E-state index in [0.717, 1.165) is 16.8 Å². The molecule has 0 spiro atoms. The molecule has 0 aliphatic carbocycles. The molecule has 27 heavy (non-hydrogen) atoms. The lowest BCUT2D eigenvalue weighted by atomic mass is 10.0. The van der Waals surface area contributed by atoms with E-state index in [9.17, 15) is 14.0 Å². The Morgan fingerprint density at radius 1 is 1.19 bits per heavy atom. The van der Waals surface area contributed by atoms with E-state index in [2.05, 4.69) is 10.2 Å². The molecule has 0 saturated carbocycles. The number of fused-ring (bicyclic) bond motifs is 1. The molecule has 0 unspecified atom stereocenters. The standard InChI is InChI=1S/C20H19FN4O2/c1-12-19(13(2)23-22-12)20(27)24-8-7-14-9-18(26)25(11-15(14)10-24)17-5-3-16(21)4-6-17/h3-6,9,11H,7-8,10H2,1-2H3,(H,22,23). The average molecular weight is 366 g/mol. The normalized spacial score (nSPS) is 13.5. The van der Waals surface area contributed by atoms with Crippen molar-refractivity contribution in [1.82, 2.24) is 19.7 Å². The molecule has 1 amide bonds. The van der Waals surface area contributed by atoms with Crippen LogP contribution >= 0.6 is 0 Å². The highest BCUT2D eigenvalue weighted by molar-refractivity contribution is 5.96. The zero-order chi connectivity index (χ0) is 19.1. The third-order valence-electron chi connectivity index (χ3n) is 4.98. The van der Waals surface area contributed by atoms with Gasteiger partial charge in [0.25, 0.3) is 11.5 Å². The predicted molar refractivity (Wildman–Crippen MR) is 98.5 cm³/mol. The Balaban J connectivity index is 1.68. The van der Waals surface area contributed by atoms with Gasteiger partial charge in [-0.15, -0.1) is 0 Å². The lowest BCUT2D eigenvalue weighted by molar-refractivity contribution is 0.0733. The number of pyridine rings is 1. The fraction of sp³-hybridized carbons (Fsp3) is 0.250. The van der Waals surface area contributed by atoms with Crippen molar-refractivity contribution in [3.8, 4) is 5.69 Å². The molecule has 6 nitrogen and oxygen atoms in total. The van der Waals surface area contributed by atoms with Gasteiger partial charge in [0.2, 0.25) is 0 Å². The number of hydrogen-bond acceptors (Lipinski definition) is 3. The fourth-order valence-corrected chi connectivity index (χ4v) is 3.53. The second-order valence-electron chi connectivity index (χ2n) is 6.79. The number of amides is 1. The van der Waals surface area contributed by atoms with E-state index < -0.39 is 0 Å². The van der Waals surface area contributed by atoms with Crippen LogP contribution in [0, 0.1) is 19.7 Å². The first kappa shape index (κ1) is 17.2. The molecule has 0 bridgehead atoms. The highest BCUT2D eigenvalue weighted by Gasteiger charge is 2.26. The Bertz CT molecular complexity index is 1060. The average Bonchev–Trinajstić information content (AvgIpc) is 2.99. The van der Waals surface area contributed by atoms with Crippen LogP contribution in [0.5, 0.6) is 0 Å². The van der Waals surface area contributed by atoms with Crippen LogP contribution in [0.25, 0.3) is 5.69 Å². The number of hydrogen-bond donors (Lipinski definition) is 1. The van der Waals surface area contributed by atoms with Crippen molar-refractivity contribution in [3.63, 3.8) is 0 Å². The Kier molecular flexibility index (Phi) is 4.14. The van der Waals surface area contributed by atoms with Crippen molar-refractivity contribution in [1.29, 1.82) is 0 Å². The molecule has 4 rings (SSSR count). The molecule has 7 heteroatoms. The topological polar surface area (TPSA) is 71.0 Å². The summed E-state index contributed by atoms with van der Waals surface area (Å²) in [7, 11) is 0. The summed E-state index contributed by atoms with van der Waals surface area (Å²) in [6, 6.07) is 7.37. The minimum atomic E-state index is -0.354. The smallest absolute Gasteiger partial charge is 0.257 e. The number of rotatable bonds is 2. The largest absolute Gasteiger partial charge is 0.334 e. The third-order valence-corrected chi connectivity index (χ3v) is 4.98. The van der Waals surface area contributed by atoms with Gasteiger partial charge in [-0.05, 0) is 55.7 Å². The summed E-state index contributed by atoms with van der Waals surface area (Å²) in [6.45, 7) is 4.60. The van der Waals surface area contributed by atoms with Crippen molar-refractivity contribution >= 4 is 5.91 Å². The lowest BCUT2D eigenvalue weighted by Gasteiger charge is -2.29. The minimum Gasteiger partial charge on any atom is -0.334 e. The number of aromatic amines is 1. The van der Waals surface area contributed by atoms with Gasteiger partial charge in [0.1, 0.15) is 5.82 Å². The van der Waals surface area contributed by atoms with Gasteiger partial charge in [-0.25, -0.2) is 4.39 Å². The second kappa shape index (κ2) is 6.50. The maximum Gasteiger partial charge on any atom is 0.257 e. The van der Waals surface area contributed by atoms with E-state index in [-0.39, 0.29) is 17.3 Å². The van der Waals surface area contributed by atoms with E-state index >= 15 is 0 Å². The van der Waals surface area contributed by atoms with Gasteiger partial charge in [-0.2, -0.15) is 5.10 Å². The third kappa shape index (κ3) is 3.05. The first-order valence-corrected chi connectivity index (χ1v) is 8.75. The molecular weight excluding hydrogens is 347 g/mol. The maximum absolute atomic E-state index is 13.2. The number of aryl methyl sites for hydroxylation is 2. The van der Waals surface area contributed by atoms with Gasteiger partial charge in [0.15, 0.2) is 0 Å². The van der Waals surface area contributed by atoms with Crippen LogP contribution in [-0.2, 0) is 13.0 Å². The quantitative estimate of drug-likeness (QED) is 0.758. The van der Waals surface area contributed by atoms with Crippen LogP contribution < -0.4 is 5.56 Å². The first-order chi connectivity index (χ1) is 12.9. The summed E-state index contributed by atoms with van der Waals surface area (Å²) < 4.78 is 14.7. The summed E-state index contributed by atoms with van der Waals surface area (Å²) in [6.07, 6.45) is 2.37. The van der Waals surface area contributed by atoms with Gasteiger partial charge >= 0.3 is 0 Å². The van der Waals surface area contributed by atoms with E-state index in [0.29, 0.717) is 36.5 Å². The SMILES string of the molecule is Cc1n[nH]c(C)c1C(=O)N1CCc2cc(=O)n(-c3ccc(F)cc3)cc2C1. The number of carbonyl (C=O) groups is 1. The number of halogens is 1. The summed E-state index contributed by atoms with van der Waals surface area (Å²) in [5.41, 5.74) is 4.32. The van der Waals surface area contributed by atoms with E-state index in [1.54, 1.807) is 36.2 Å². The van der Waals surface area contributed by atoms with Gasteiger partial charge in [-0.1, -0.05) is 0 Å². The molecule has 1 aromatic carbocycles. The van der Waals surface area contributed by atoms with Crippen molar-refractivity contribution in [2.45, 2.75) is 26.8 Å². The first-order valence-electron chi connectivity index (χ1n) is 8.75. The maximum atomic E-state index is 13.2. The van der Waals surface area contributed by atoms with Gasteiger partial charge < -0.3 is 4.90 Å². The van der Waals surface area contributed by atoms with Crippen LogP contribution in [0.2, 0.25) is 0 Å². The molecule has 1 aliphatic rings. The molecule has 0 atom stereocenters. The Morgan fingerprint density at radius 2 is 1.93 bits per heavy atom. The highest BCUT2D eigenvalue weighted by atomic mass is 19.1. The summed E-state index contributed by atoms with van der Waals surface area (Å²) >= 11 is 0. The zero-order valence-electron chi connectivity index (χ0n) is 15.1. The van der Waals surface area contributed by atoms with E-state index in [1.807, 2.05) is 6.92 Å². The molecule has 3 aromatic rings. The van der Waals surface area contributed by atoms with Crippen LogP contribution in [0.15, 0.2) is 41.3 Å². The predicted octanol–water partition coefficient (Wildman–Crippen LogP) is 2.52. The number of benzene rings is 1. The number of nitrogens with one attached hydrogen (secondary N) is 1. The van der Waals surface area contributed by atoms with Crippen molar-refractivity contribution in [2.75, 3.05) is 6.54 Å². The molecule has 1 aliphatic heterocycles. The monoisotopic (exact) mass is 366 g/mol. The highest BCUT2D eigenvalue weighted by Crippen LogP contribution is 2.22. The van der Waals surface area contributed by atoms with Crippen molar-refractivity contribution in [2.24, 2.45) is 0 Å². The van der Waals surface area contributed by atoms with Crippen LogP contribution in [0.4, 0.5) is 4.39 Å². The minimum absolute atomic E-state index is 0.0658. The zero-order valence-corrected chi connectivity index (χ0v) is 15.1. The molecule has 0 fully saturated rings. The Labute approximate surface area is 155 Å². The van der Waals surface area contributed by atoms with Crippen LogP contribution in [-0.4, -0.2) is 32.1 Å². The Hall–Kier alpha value is -3.22. The molecule has 0 radical (unpaired) electrons. The van der Waals surface area contributed by atoms with Crippen LogP contribution in [0.3, 0.4) is 0 Å². The molecular formula is C20H19FN4O2. The summed E-state index contributed by atoms with van der Waals surface area (Å²) in [5.74, 6) is -0.420. The van der Waals surface area contributed by atoms with Crippen molar-refractivity contribution < 1.29 is 9.18 Å². The van der Waals surface area contributed by atoms with Crippen LogP contribution in [0.1, 0.15) is 32.9 Å². The number of carbonyl (C=O) groups excluding carboxylic acids is 1. The van der Waals surface area contributed by atoms with Gasteiger partial charge in [0.05, 0.1) is 11.3 Å². The Morgan fingerprint density at radius 3 is 2.59 bits per heavy atom. The summed E-state index contributed by atoms with van der Waals surface area (Å²) in [4.78, 5) is 27.1. The molecule has 138 valence electrons. The molecule has 3 heterocycles. The lowest BCUT2D eigenvalue weighted by Crippen LogP contribution is -2.37. The molecule has 0 saturated heterocycles. The summed E-state index contributed by atoms with van der Waals surface area (Å²) in [5, 5.41) is 6.95. The van der Waals surface area contributed by atoms with E-state index in [4.69, 9.17) is 0 Å². The number of H-pyrrole nitrogens is 1. The van der Waals surface area contributed by atoms with Gasteiger partial charge in [-0.3, -0.25) is 19.3 Å². The number of aromatic nitrogens is 3. The van der Waals surface area contributed by atoms with Gasteiger partial charge in [0, 0.05) is 36.7 Å². The van der Waals surface area contributed by atoms with E-state index in [1.165, 1.54) is 16.7 Å². The molecule has 2 aromatic heterocycles. The molecule has 1 N–H and O–H groups in total. The van der Waals surface area contributed by atoms with Crippen molar-refractivity contribution in [3.05, 3.63) is 80.8 Å². The second-order valence-corrected chi connectivity index (χ2v) is 6.79. The fourth-order valence-electron chi connectivity index (χ4n) is 3.53. The number of nitrogens with zero attached hydrogens (tertiary/aromatic N) is 3.